The minimum atomic E-state index is 0.0507. The van der Waals surface area contributed by atoms with Crippen molar-refractivity contribution in [3.63, 3.8) is 0 Å². The first-order chi connectivity index (χ1) is 11.5. The summed E-state index contributed by atoms with van der Waals surface area (Å²) in [5, 5.41) is 10.5. The lowest BCUT2D eigenvalue weighted by Crippen LogP contribution is -1.99. The Balaban J connectivity index is 1.97. The van der Waals surface area contributed by atoms with Crippen molar-refractivity contribution >= 4 is 35.1 Å². The van der Waals surface area contributed by atoms with E-state index in [4.69, 9.17) is 23.2 Å². The van der Waals surface area contributed by atoms with Gasteiger partial charge in [0.2, 0.25) is 0 Å². The molecule has 5 heteroatoms. The summed E-state index contributed by atoms with van der Waals surface area (Å²) >= 11 is 12.0. The highest BCUT2D eigenvalue weighted by atomic mass is 35.5. The van der Waals surface area contributed by atoms with Gasteiger partial charge in [-0.15, -0.1) is 0 Å². The van der Waals surface area contributed by atoms with Crippen LogP contribution < -0.4 is 0 Å². The number of hydrogen-bond donors (Lipinski definition) is 1. The lowest BCUT2D eigenvalue weighted by atomic mass is 10.2. The molecular weight excluding hydrogens is 343 g/mol. The number of hydrogen-bond acceptors (Lipinski definition) is 2. The number of aryl methyl sites for hydroxylation is 1. The summed E-state index contributed by atoms with van der Waals surface area (Å²) in [4.78, 5) is 4.44. The van der Waals surface area contributed by atoms with Crippen molar-refractivity contribution in [1.29, 1.82) is 0 Å². The van der Waals surface area contributed by atoms with Crippen LogP contribution in [0.15, 0.2) is 53.5 Å². The molecule has 0 spiro atoms. The first-order valence-corrected chi connectivity index (χ1v) is 8.19. The third kappa shape index (κ3) is 3.32. The number of phenolic OH excluding ortho intramolecular Hbond substituents is 1. The minimum absolute atomic E-state index is 0.0507. The minimum Gasteiger partial charge on any atom is -0.506 e. The number of aromatic hydroxyl groups is 1. The molecule has 0 atom stereocenters. The van der Waals surface area contributed by atoms with Crippen molar-refractivity contribution in [3.05, 3.63) is 75.5 Å². The topological polar surface area (TPSA) is 37.5 Å². The fraction of sp³-hybridized carbons (Fsp3) is 0.105. The van der Waals surface area contributed by atoms with Crippen LogP contribution in [0.4, 0.5) is 5.69 Å². The zero-order valence-electron chi connectivity index (χ0n) is 13.3. The highest BCUT2D eigenvalue weighted by Gasteiger charge is 2.09. The Kier molecular flexibility index (Phi) is 4.65. The van der Waals surface area contributed by atoms with Crippen LogP contribution in [-0.2, 0) is 0 Å². The molecule has 122 valence electrons. The molecule has 1 heterocycles. The van der Waals surface area contributed by atoms with Gasteiger partial charge in [0.15, 0.2) is 0 Å². The summed E-state index contributed by atoms with van der Waals surface area (Å²) in [7, 11) is 0. The summed E-state index contributed by atoms with van der Waals surface area (Å²) in [6.07, 6.45) is 1.80. The molecule has 0 unspecified atom stereocenters. The van der Waals surface area contributed by atoms with Crippen molar-refractivity contribution in [1.82, 2.24) is 4.57 Å². The number of aromatic nitrogens is 1. The van der Waals surface area contributed by atoms with E-state index in [0.29, 0.717) is 10.7 Å². The van der Waals surface area contributed by atoms with Crippen LogP contribution >= 0.6 is 23.2 Å². The molecule has 3 aromatic rings. The summed E-state index contributed by atoms with van der Waals surface area (Å²) in [6.45, 7) is 4.09. The van der Waals surface area contributed by atoms with Gasteiger partial charge in [-0.3, -0.25) is 4.99 Å². The second-order valence-corrected chi connectivity index (χ2v) is 6.38. The summed E-state index contributed by atoms with van der Waals surface area (Å²) in [6, 6.07) is 14.7. The molecule has 0 amide bonds. The van der Waals surface area contributed by atoms with Gasteiger partial charge >= 0.3 is 0 Å². The van der Waals surface area contributed by atoms with Crippen molar-refractivity contribution in [2.24, 2.45) is 4.99 Å². The molecule has 1 aromatic heterocycles. The first-order valence-electron chi connectivity index (χ1n) is 7.43. The maximum atomic E-state index is 9.46. The zero-order valence-corrected chi connectivity index (χ0v) is 14.8. The molecule has 2 aromatic carbocycles. The van der Waals surface area contributed by atoms with E-state index in [-0.39, 0.29) is 10.8 Å². The van der Waals surface area contributed by atoms with Crippen LogP contribution in [0.2, 0.25) is 10.0 Å². The Morgan fingerprint density at radius 1 is 1.04 bits per heavy atom. The Bertz CT molecular complexity index is 929. The van der Waals surface area contributed by atoms with E-state index < -0.39 is 0 Å². The molecule has 0 aliphatic rings. The van der Waals surface area contributed by atoms with Crippen LogP contribution in [0, 0.1) is 13.8 Å². The van der Waals surface area contributed by atoms with Gasteiger partial charge in [0.1, 0.15) is 5.75 Å². The van der Waals surface area contributed by atoms with Gasteiger partial charge in [-0.05, 0) is 56.3 Å². The number of rotatable bonds is 3. The molecule has 0 bridgehead atoms. The molecule has 3 rings (SSSR count). The monoisotopic (exact) mass is 358 g/mol. The van der Waals surface area contributed by atoms with Crippen molar-refractivity contribution in [2.75, 3.05) is 0 Å². The lowest BCUT2D eigenvalue weighted by Gasteiger charge is -2.09. The maximum Gasteiger partial charge on any atom is 0.134 e. The van der Waals surface area contributed by atoms with Crippen LogP contribution in [0.3, 0.4) is 0 Å². The molecule has 0 aliphatic carbocycles. The summed E-state index contributed by atoms with van der Waals surface area (Å²) < 4.78 is 2.14. The normalized spacial score (nSPS) is 11.3. The van der Waals surface area contributed by atoms with Crippen LogP contribution in [0.5, 0.6) is 5.75 Å². The van der Waals surface area contributed by atoms with Gasteiger partial charge in [-0.25, -0.2) is 0 Å². The average Bonchev–Trinajstić information content (AvgIpc) is 2.82. The maximum absolute atomic E-state index is 9.46. The van der Waals surface area contributed by atoms with E-state index in [0.717, 1.165) is 22.6 Å². The van der Waals surface area contributed by atoms with Crippen LogP contribution in [-0.4, -0.2) is 15.9 Å². The molecule has 0 fully saturated rings. The average molecular weight is 359 g/mol. The van der Waals surface area contributed by atoms with Crippen molar-refractivity contribution < 1.29 is 5.11 Å². The second-order valence-electron chi connectivity index (χ2n) is 5.54. The summed E-state index contributed by atoms with van der Waals surface area (Å²) in [5.74, 6) is 0.0507. The van der Waals surface area contributed by atoms with E-state index in [1.165, 1.54) is 6.07 Å². The predicted molar refractivity (Wildman–Crippen MR) is 101 cm³/mol. The SMILES string of the molecule is Cc1cc(C=Nc2ccc(O)c(Cl)c2)c(C)n1-c1cccc(Cl)c1. The van der Waals surface area contributed by atoms with Gasteiger partial charge < -0.3 is 9.67 Å². The van der Waals surface area contributed by atoms with Crippen LogP contribution in [0.1, 0.15) is 17.0 Å². The van der Waals surface area contributed by atoms with Crippen molar-refractivity contribution in [2.45, 2.75) is 13.8 Å². The zero-order chi connectivity index (χ0) is 17.3. The van der Waals surface area contributed by atoms with Gasteiger partial charge in [0.25, 0.3) is 0 Å². The van der Waals surface area contributed by atoms with E-state index in [2.05, 4.69) is 15.6 Å². The molecular formula is C19H16Cl2N2O. The third-order valence-corrected chi connectivity index (χ3v) is 4.36. The Morgan fingerprint density at radius 2 is 1.83 bits per heavy atom. The number of phenols is 1. The highest BCUT2D eigenvalue weighted by molar-refractivity contribution is 6.32. The lowest BCUT2D eigenvalue weighted by molar-refractivity contribution is 0.475. The van der Waals surface area contributed by atoms with Crippen molar-refractivity contribution in [3.8, 4) is 11.4 Å². The smallest absolute Gasteiger partial charge is 0.134 e. The third-order valence-electron chi connectivity index (χ3n) is 3.82. The number of halogens is 2. The van der Waals surface area contributed by atoms with Gasteiger partial charge in [-0.2, -0.15) is 0 Å². The predicted octanol–water partition coefficient (Wildman–Crippen LogP) is 5.86. The second kappa shape index (κ2) is 6.71. The Morgan fingerprint density at radius 3 is 2.54 bits per heavy atom. The fourth-order valence-electron chi connectivity index (χ4n) is 2.65. The highest BCUT2D eigenvalue weighted by Crippen LogP contribution is 2.28. The molecule has 0 saturated heterocycles. The largest absolute Gasteiger partial charge is 0.506 e. The Hall–Kier alpha value is -2.23. The van der Waals surface area contributed by atoms with E-state index in [1.54, 1.807) is 18.3 Å². The standard InChI is InChI=1S/C19H16Cl2N2O/c1-12-8-14(11-22-16-6-7-19(24)18(21)10-16)13(2)23(12)17-5-3-4-15(20)9-17/h3-11,24H,1-2H3. The number of benzene rings is 2. The molecule has 0 aliphatic heterocycles. The van der Waals surface area contributed by atoms with Gasteiger partial charge in [0, 0.05) is 33.9 Å². The van der Waals surface area contributed by atoms with Gasteiger partial charge in [-0.1, -0.05) is 29.3 Å². The molecule has 3 nitrogen and oxygen atoms in total. The van der Waals surface area contributed by atoms with Crippen LogP contribution in [0.25, 0.3) is 5.69 Å². The van der Waals surface area contributed by atoms with E-state index >= 15 is 0 Å². The number of nitrogens with zero attached hydrogens (tertiary/aromatic N) is 2. The quantitative estimate of drug-likeness (QED) is 0.585. The van der Waals surface area contributed by atoms with E-state index in [9.17, 15) is 5.11 Å². The molecule has 0 radical (unpaired) electrons. The van der Waals surface area contributed by atoms with Gasteiger partial charge in [0.05, 0.1) is 10.7 Å². The Labute approximate surface area is 150 Å². The molecule has 1 N–H and O–H groups in total. The fourth-order valence-corrected chi connectivity index (χ4v) is 3.01. The molecule has 24 heavy (non-hydrogen) atoms. The first kappa shape index (κ1) is 16.6. The summed E-state index contributed by atoms with van der Waals surface area (Å²) in [5.41, 5.74) is 4.88. The number of aliphatic imine (C=N–C) groups is 1. The molecule has 0 saturated carbocycles. The van der Waals surface area contributed by atoms with E-state index in [1.807, 2.05) is 38.1 Å².